The van der Waals surface area contributed by atoms with Crippen LogP contribution in [0, 0.1) is 5.92 Å². The van der Waals surface area contributed by atoms with Gasteiger partial charge in [-0.2, -0.15) is 0 Å². The van der Waals surface area contributed by atoms with Crippen LogP contribution < -0.4 is 16.0 Å². The molecule has 0 aliphatic rings. The summed E-state index contributed by atoms with van der Waals surface area (Å²) in [5.41, 5.74) is 3.27. The van der Waals surface area contributed by atoms with Gasteiger partial charge in [-0.15, -0.1) is 0 Å². The molecule has 1 amide bonds. The van der Waals surface area contributed by atoms with Gasteiger partial charge in [0.2, 0.25) is 0 Å². The summed E-state index contributed by atoms with van der Waals surface area (Å²) in [5.74, 6) is 6.07. The van der Waals surface area contributed by atoms with E-state index in [1.165, 1.54) is 0 Å². The van der Waals surface area contributed by atoms with Gasteiger partial charge in [0.1, 0.15) is 5.75 Å². The Morgan fingerprint density at radius 3 is 2.58 bits per heavy atom. The molecule has 1 aromatic rings. The number of nitrogens with zero attached hydrogens (tertiary/aromatic N) is 1. The van der Waals surface area contributed by atoms with E-state index in [2.05, 4.69) is 5.43 Å². The van der Waals surface area contributed by atoms with E-state index in [9.17, 15) is 4.79 Å². The number of nitrogens with one attached hydrogen (secondary N) is 1. The highest BCUT2D eigenvalue weighted by atomic mass is 16.5. The number of likely N-dealkylation sites (N-methyl/N-ethyl adjacent to an activating group) is 1. The van der Waals surface area contributed by atoms with E-state index in [1.807, 2.05) is 50.1 Å². The van der Waals surface area contributed by atoms with Crippen LogP contribution in [-0.2, 0) is 11.3 Å². The zero-order valence-corrected chi connectivity index (χ0v) is 12.0. The number of rotatable bonds is 6. The maximum atomic E-state index is 11.8. The molecule has 19 heavy (non-hydrogen) atoms. The standard InChI is InChI=1S/C14H23N3O2/c1-10(2)13(14(18)16-15)17(3)9-11-7-5-6-8-12(11)19-4/h5-8,10,13H,9,15H2,1-4H3,(H,16,18). The van der Waals surface area contributed by atoms with Crippen LogP contribution in [0.25, 0.3) is 0 Å². The largest absolute Gasteiger partial charge is 0.496 e. The number of ether oxygens (including phenoxy) is 1. The van der Waals surface area contributed by atoms with Gasteiger partial charge in [0.15, 0.2) is 0 Å². The first-order valence-corrected chi connectivity index (χ1v) is 6.33. The highest BCUT2D eigenvalue weighted by Crippen LogP contribution is 2.21. The molecule has 106 valence electrons. The Morgan fingerprint density at radius 1 is 1.42 bits per heavy atom. The van der Waals surface area contributed by atoms with Gasteiger partial charge in [0.05, 0.1) is 13.2 Å². The summed E-state index contributed by atoms with van der Waals surface area (Å²) in [6, 6.07) is 7.52. The molecule has 0 saturated carbocycles. The van der Waals surface area contributed by atoms with Crippen LogP contribution in [-0.4, -0.2) is 31.0 Å². The lowest BCUT2D eigenvalue weighted by Crippen LogP contribution is -2.50. The van der Waals surface area contributed by atoms with Gasteiger partial charge in [-0.05, 0) is 19.0 Å². The number of benzene rings is 1. The van der Waals surface area contributed by atoms with E-state index in [0.29, 0.717) is 6.54 Å². The second-order valence-corrected chi connectivity index (χ2v) is 4.92. The van der Waals surface area contributed by atoms with Crippen molar-refractivity contribution in [3.63, 3.8) is 0 Å². The number of para-hydroxylation sites is 1. The molecular weight excluding hydrogens is 242 g/mol. The molecule has 1 atom stereocenters. The molecule has 1 rings (SSSR count). The van der Waals surface area contributed by atoms with Crippen molar-refractivity contribution in [2.24, 2.45) is 11.8 Å². The molecule has 1 aromatic carbocycles. The van der Waals surface area contributed by atoms with Crippen molar-refractivity contribution in [1.82, 2.24) is 10.3 Å². The number of carbonyl (C=O) groups is 1. The molecule has 3 N–H and O–H groups in total. The summed E-state index contributed by atoms with van der Waals surface area (Å²) in [4.78, 5) is 13.8. The minimum Gasteiger partial charge on any atom is -0.496 e. The molecule has 5 heteroatoms. The molecule has 0 saturated heterocycles. The number of amides is 1. The Morgan fingerprint density at radius 2 is 2.05 bits per heavy atom. The van der Waals surface area contributed by atoms with E-state index in [-0.39, 0.29) is 17.9 Å². The Labute approximate surface area is 114 Å². The maximum absolute atomic E-state index is 11.8. The Balaban J connectivity index is 2.87. The first kappa shape index (κ1) is 15.5. The third kappa shape index (κ3) is 3.94. The van der Waals surface area contributed by atoms with E-state index in [4.69, 9.17) is 10.6 Å². The van der Waals surface area contributed by atoms with E-state index >= 15 is 0 Å². The number of hydrogen-bond donors (Lipinski definition) is 2. The zero-order chi connectivity index (χ0) is 14.4. The summed E-state index contributed by atoms with van der Waals surface area (Å²) in [6.07, 6.45) is 0. The molecule has 0 bridgehead atoms. The number of methoxy groups -OCH3 is 1. The van der Waals surface area contributed by atoms with Crippen molar-refractivity contribution >= 4 is 5.91 Å². The van der Waals surface area contributed by atoms with Crippen LogP contribution in [0.15, 0.2) is 24.3 Å². The number of hydrazine groups is 1. The van der Waals surface area contributed by atoms with Crippen LogP contribution in [0.5, 0.6) is 5.75 Å². The van der Waals surface area contributed by atoms with Gasteiger partial charge in [-0.3, -0.25) is 15.1 Å². The lowest BCUT2D eigenvalue weighted by molar-refractivity contribution is -0.127. The minimum atomic E-state index is -0.269. The molecule has 0 radical (unpaired) electrons. The average Bonchev–Trinajstić information content (AvgIpc) is 2.38. The third-order valence-electron chi connectivity index (χ3n) is 3.13. The molecule has 0 fully saturated rings. The smallest absolute Gasteiger partial charge is 0.251 e. The first-order valence-electron chi connectivity index (χ1n) is 6.33. The van der Waals surface area contributed by atoms with Gasteiger partial charge in [-0.25, -0.2) is 5.84 Å². The molecule has 5 nitrogen and oxygen atoms in total. The van der Waals surface area contributed by atoms with E-state index in [0.717, 1.165) is 11.3 Å². The van der Waals surface area contributed by atoms with Crippen LogP contribution in [0.4, 0.5) is 0 Å². The lowest BCUT2D eigenvalue weighted by Gasteiger charge is -2.29. The number of carbonyl (C=O) groups excluding carboxylic acids is 1. The lowest BCUT2D eigenvalue weighted by atomic mass is 10.0. The van der Waals surface area contributed by atoms with Crippen molar-refractivity contribution in [2.75, 3.05) is 14.2 Å². The van der Waals surface area contributed by atoms with Crippen LogP contribution in [0.1, 0.15) is 19.4 Å². The van der Waals surface area contributed by atoms with Crippen LogP contribution >= 0.6 is 0 Å². The highest BCUT2D eigenvalue weighted by molar-refractivity contribution is 5.81. The Bertz CT molecular complexity index is 421. The van der Waals surface area contributed by atoms with Gasteiger partial charge in [0.25, 0.3) is 5.91 Å². The van der Waals surface area contributed by atoms with E-state index < -0.39 is 0 Å². The first-order chi connectivity index (χ1) is 9.01. The summed E-state index contributed by atoms with van der Waals surface area (Å²) >= 11 is 0. The van der Waals surface area contributed by atoms with Crippen molar-refractivity contribution in [3.8, 4) is 5.75 Å². The van der Waals surface area contributed by atoms with Crippen molar-refractivity contribution in [1.29, 1.82) is 0 Å². The fraction of sp³-hybridized carbons (Fsp3) is 0.500. The average molecular weight is 265 g/mol. The normalized spacial score (nSPS) is 12.6. The predicted octanol–water partition coefficient (Wildman–Crippen LogP) is 1.14. The Kier molecular flexibility index (Phi) is 5.79. The quantitative estimate of drug-likeness (QED) is 0.460. The van der Waals surface area contributed by atoms with Gasteiger partial charge in [0, 0.05) is 12.1 Å². The summed E-state index contributed by atoms with van der Waals surface area (Å²) < 4.78 is 5.32. The van der Waals surface area contributed by atoms with Gasteiger partial charge < -0.3 is 4.74 Å². The highest BCUT2D eigenvalue weighted by Gasteiger charge is 2.26. The second kappa shape index (κ2) is 7.11. The molecule has 1 unspecified atom stereocenters. The SMILES string of the molecule is COc1ccccc1CN(C)C(C(=O)NN)C(C)C. The predicted molar refractivity (Wildman–Crippen MR) is 75.4 cm³/mol. The van der Waals surface area contributed by atoms with Gasteiger partial charge in [-0.1, -0.05) is 32.0 Å². The van der Waals surface area contributed by atoms with Crippen LogP contribution in [0.3, 0.4) is 0 Å². The molecule has 0 heterocycles. The van der Waals surface area contributed by atoms with Crippen molar-refractivity contribution in [2.45, 2.75) is 26.4 Å². The minimum absolute atomic E-state index is 0.170. The second-order valence-electron chi connectivity index (χ2n) is 4.92. The molecule has 0 aromatic heterocycles. The topological polar surface area (TPSA) is 67.6 Å². The molecule has 0 aliphatic heterocycles. The third-order valence-corrected chi connectivity index (χ3v) is 3.13. The van der Waals surface area contributed by atoms with Crippen molar-refractivity contribution < 1.29 is 9.53 Å². The number of nitrogens with two attached hydrogens (primary N) is 1. The fourth-order valence-corrected chi connectivity index (χ4v) is 2.30. The number of hydrogen-bond acceptors (Lipinski definition) is 4. The monoisotopic (exact) mass is 265 g/mol. The molecule has 0 spiro atoms. The molecule has 0 aliphatic carbocycles. The Hall–Kier alpha value is -1.59. The van der Waals surface area contributed by atoms with Gasteiger partial charge >= 0.3 is 0 Å². The molecular formula is C14H23N3O2. The van der Waals surface area contributed by atoms with Crippen molar-refractivity contribution in [3.05, 3.63) is 29.8 Å². The fourth-order valence-electron chi connectivity index (χ4n) is 2.30. The zero-order valence-electron chi connectivity index (χ0n) is 12.0. The summed E-state index contributed by atoms with van der Waals surface area (Å²) in [7, 11) is 3.55. The van der Waals surface area contributed by atoms with E-state index in [1.54, 1.807) is 7.11 Å². The van der Waals surface area contributed by atoms with Crippen LogP contribution in [0.2, 0.25) is 0 Å². The maximum Gasteiger partial charge on any atom is 0.251 e. The summed E-state index contributed by atoms with van der Waals surface area (Å²) in [5, 5.41) is 0. The summed E-state index contributed by atoms with van der Waals surface area (Å²) in [6.45, 7) is 4.62.